The van der Waals surface area contributed by atoms with E-state index in [9.17, 15) is 5.11 Å². The summed E-state index contributed by atoms with van der Waals surface area (Å²) in [7, 11) is 0. The van der Waals surface area contributed by atoms with Crippen LogP contribution in [0.4, 0.5) is 0 Å². The summed E-state index contributed by atoms with van der Waals surface area (Å²) < 4.78 is 0. The molecule has 0 aliphatic carbocycles. The van der Waals surface area contributed by atoms with Gasteiger partial charge in [-0.15, -0.1) is 0 Å². The van der Waals surface area contributed by atoms with Crippen LogP contribution in [-0.2, 0) is 0 Å². The first-order valence-electron chi connectivity index (χ1n) is 3.03. The molecule has 0 aliphatic heterocycles. The summed E-state index contributed by atoms with van der Waals surface area (Å²) in [6.07, 6.45) is -0.584. The summed E-state index contributed by atoms with van der Waals surface area (Å²) in [4.78, 5) is 3.69. The number of aromatic amines is 1. The molecule has 0 saturated heterocycles. The van der Waals surface area contributed by atoms with Crippen LogP contribution in [0.3, 0.4) is 0 Å². The van der Waals surface area contributed by atoms with E-state index >= 15 is 0 Å². The van der Waals surface area contributed by atoms with Crippen molar-refractivity contribution < 1.29 is 10.2 Å². The van der Waals surface area contributed by atoms with Crippen molar-refractivity contribution in [3.63, 3.8) is 0 Å². The molecule has 11 heavy (non-hydrogen) atoms. The Morgan fingerprint density at radius 3 is 2.82 bits per heavy atom. The summed E-state index contributed by atoms with van der Waals surface area (Å²) in [5.74, 6) is 0.275. The van der Waals surface area contributed by atoms with Gasteiger partial charge in [0.15, 0.2) is 5.82 Å². The molecule has 2 unspecified atom stereocenters. The van der Waals surface area contributed by atoms with Gasteiger partial charge in [0.25, 0.3) is 0 Å². The number of nitrogens with one attached hydrogen (secondary N) is 1. The maximum absolute atomic E-state index is 9.26. The molecule has 1 rings (SSSR count). The minimum Gasteiger partial charge on any atom is -0.389 e. The maximum atomic E-state index is 9.26. The SMILES string of the molecule is OC(CBr)C(O)c1ncn[nH]1. The van der Waals surface area contributed by atoms with E-state index in [0.717, 1.165) is 0 Å². The third kappa shape index (κ3) is 1.98. The predicted molar refractivity (Wildman–Crippen MR) is 41.1 cm³/mol. The molecule has 3 N–H and O–H groups in total. The van der Waals surface area contributed by atoms with Crippen molar-refractivity contribution in [1.82, 2.24) is 15.2 Å². The second kappa shape index (κ2) is 3.80. The van der Waals surface area contributed by atoms with Crippen LogP contribution in [0.5, 0.6) is 0 Å². The van der Waals surface area contributed by atoms with Crippen LogP contribution >= 0.6 is 15.9 Å². The Hall–Kier alpha value is -0.460. The molecule has 0 aliphatic rings. The Morgan fingerprint density at radius 2 is 2.36 bits per heavy atom. The highest BCUT2D eigenvalue weighted by Gasteiger charge is 2.19. The monoisotopic (exact) mass is 221 g/mol. The van der Waals surface area contributed by atoms with E-state index < -0.39 is 12.2 Å². The number of nitrogens with zero attached hydrogens (tertiary/aromatic N) is 2. The van der Waals surface area contributed by atoms with E-state index in [1.54, 1.807) is 0 Å². The first-order valence-corrected chi connectivity index (χ1v) is 4.15. The first-order chi connectivity index (χ1) is 5.25. The average molecular weight is 222 g/mol. The zero-order valence-electron chi connectivity index (χ0n) is 5.61. The smallest absolute Gasteiger partial charge is 0.155 e. The number of rotatable bonds is 3. The van der Waals surface area contributed by atoms with E-state index in [-0.39, 0.29) is 5.82 Å². The van der Waals surface area contributed by atoms with Crippen LogP contribution in [0.15, 0.2) is 6.33 Å². The maximum Gasteiger partial charge on any atom is 0.155 e. The molecular weight excluding hydrogens is 214 g/mol. The van der Waals surface area contributed by atoms with Gasteiger partial charge in [0.2, 0.25) is 0 Å². The van der Waals surface area contributed by atoms with Crippen molar-refractivity contribution in [3.05, 3.63) is 12.2 Å². The highest BCUT2D eigenvalue weighted by atomic mass is 79.9. The Morgan fingerprint density at radius 1 is 1.64 bits per heavy atom. The molecule has 2 atom stereocenters. The molecule has 0 amide bonds. The molecule has 0 aromatic carbocycles. The second-order valence-corrected chi connectivity index (χ2v) is 2.68. The van der Waals surface area contributed by atoms with Gasteiger partial charge in [-0.3, -0.25) is 5.10 Å². The lowest BCUT2D eigenvalue weighted by molar-refractivity contribution is 0.0288. The van der Waals surface area contributed by atoms with Crippen LogP contribution < -0.4 is 0 Å². The molecule has 62 valence electrons. The number of H-pyrrole nitrogens is 1. The van der Waals surface area contributed by atoms with Crippen molar-refractivity contribution in [2.45, 2.75) is 12.2 Å². The van der Waals surface area contributed by atoms with Crippen LogP contribution in [0.2, 0.25) is 0 Å². The van der Waals surface area contributed by atoms with Crippen molar-refractivity contribution in [3.8, 4) is 0 Å². The summed E-state index contributed by atoms with van der Waals surface area (Å²) in [6, 6.07) is 0. The largest absolute Gasteiger partial charge is 0.389 e. The third-order valence-electron chi connectivity index (χ3n) is 1.24. The number of halogens is 1. The number of hydrogen-bond donors (Lipinski definition) is 3. The van der Waals surface area contributed by atoms with Gasteiger partial charge >= 0.3 is 0 Å². The highest BCUT2D eigenvalue weighted by Crippen LogP contribution is 2.12. The number of alkyl halides is 1. The van der Waals surface area contributed by atoms with E-state index in [0.29, 0.717) is 5.33 Å². The molecule has 0 bridgehead atoms. The zero-order chi connectivity index (χ0) is 8.27. The summed E-state index contributed by atoms with van der Waals surface area (Å²) in [5, 5.41) is 24.7. The van der Waals surface area contributed by atoms with Gasteiger partial charge in [0.05, 0.1) is 6.10 Å². The lowest BCUT2D eigenvalue weighted by Crippen LogP contribution is -2.20. The van der Waals surface area contributed by atoms with Crippen molar-refractivity contribution in [1.29, 1.82) is 0 Å². The van der Waals surface area contributed by atoms with Crippen molar-refractivity contribution >= 4 is 15.9 Å². The fourth-order valence-corrected chi connectivity index (χ4v) is 0.978. The normalized spacial score (nSPS) is 16.3. The quantitative estimate of drug-likeness (QED) is 0.607. The molecule has 0 saturated carbocycles. The first kappa shape index (κ1) is 8.63. The van der Waals surface area contributed by atoms with Crippen molar-refractivity contribution in [2.75, 3.05) is 5.33 Å². The number of aliphatic hydroxyl groups is 2. The lowest BCUT2D eigenvalue weighted by atomic mass is 10.2. The van der Waals surface area contributed by atoms with Gasteiger partial charge in [-0.2, -0.15) is 5.10 Å². The Labute approximate surface area is 71.6 Å². The Kier molecular flexibility index (Phi) is 2.98. The standard InChI is InChI=1S/C5H8BrN3O2/c6-1-3(10)4(11)5-7-2-8-9-5/h2-4,10-11H,1H2,(H,7,8,9). The minimum atomic E-state index is -1.00. The number of hydrogen-bond acceptors (Lipinski definition) is 4. The summed E-state index contributed by atoms with van der Waals surface area (Å²) >= 11 is 3.03. The molecule has 1 aromatic heterocycles. The molecule has 6 heteroatoms. The molecule has 5 nitrogen and oxygen atoms in total. The minimum absolute atomic E-state index is 0.275. The van der Waals surface area contributed by atoms with Crippen molar-refractivity contribution in [2.24, 2.45) is 0 Å². The van der Waals surface area contributed by atoms with Crippen LogP contribution in [-0.4, -0.2) is 36.8 Å². The van der Waals surface area contributed by atoms with Crippen LogP contribution in [0.1, 0.15) is 11.9 Å². The molecular formula is C5H8BrN3O2. The number of aliphatic hydroxyl groups excluding tert-OH is 2. The van der Waals surface area contributed by atoms with Gasteiger partial charge in [-0.05, 0) is 0 Å². The fourth-order valence-electron chi connectivity index (χ4n) is 0.624. The Bertz CT molecular complexity index is 204. The predicted octanol–water partition coefficient (Wildman–Crippen LogP) is -0.406. The molecule has 0 spiro atoms. The fraction of sp³-hybridized carbons (Fsp3) is 0.600. The second-order valence-electron chi connectivity index (χ2n) is 2.04. The van der Waals surface area contributed by atoms with E-state index in [1.165, 1.54) is 6.33 Å². The molecule has 1 aromatic rings. The molecule has 0 fully saturated rings. The van der Waals surface area contributed by atoms with Crippen LogP contribution in [0, 0.1) is 0 Å². The molecule has 0 radical (unpaired) electrons. The van der Waals surface area contributed by atoms with Gasteiger partial charge in [-0.1, -0.05) is 15.9 Å². The van der Waals surface area contributed by atoms with Gasteiger partial charge in [0.1, 0.15) is 12.4 Å². The lowest BCUT2D eigenvalue weighted by Gasteiger charge is -2.11. The highest BCUT2D eigenvalue weighted by molar-refractivity contribution is 9.09. The number of aromatic nitrogens is 3. The van der Waals surface area contributed by atoms with E-state index in [1.807, 2.05) is 0 Å². The summed E-state index contributed by atoms with van der Waals surface area (Å²) in [5.41, 5.74) is 0. The van der Waals surface area contributed by atoms with Gasteiger partial charge in [0, 0.05) is 5.33 Å². The topological polar surface area (TPSA) is 82.0 Å². The Balaban J connectivity index is 2.62. The average Bonchev–Trinajstić information content (AvgIpc) is 2.53. The zero-order valence-corrected chi connectivity index (χ0v) is 7.19. The third-order valence-corrected chi connectivity index (χ3v) is 1.90. The van der Waals surface area contributed by atoms with E-state index in [2.05, 4.69) is 31.1 Å². The molecule has 1 heterocycles. The van der Waals surface area contributed by atoms with E-state index in [4.69, 9.17) is 5.11 Å². The van der Waals surface area contributed by atoms with Gasteiger partial charge in [-0.25, -0.2) is 4.98 Å². The van der Waals surface area contributed by atoms with Crippen LogP contribution in [0.25, 0.3) is 0 Å². The van der Waals surface area contributed by atoms with Gasteiger partial charge < -0.3 is 10.2 Å². The summed E-state index contributed by atoms with van der Waals surface area (Å²) in [6.45, 7) is 0.